The lowest BCUT2D eigenvalue weighted by atomic mass is 9.93. The second-order valence-corrected chi connectivity index (χ2v) is 4.68. The fourth-order valence-electron chi connectivity index (χ4n) is 1.39. The molecule has 0 aromatic heterocycles. The predicted molar refractivity (Wildman–Crippen MR) is 58.3 cm³/mol. The van der Waals surface area contributed by atoms with Crippen molar-refractivity contribution in [2.45, 2.75) is 45.6 Å². The average molecular weight is 198 g/mol. The Morgan fingerprint density at radius 2 is 2.14 bits per heavy atom. The van der Waals surface area contributed by atoms with Crippen LogP contribution in [0.1, 0.15) is 39.5 Å². The lowest BCUT2D eigenvalue weighted by Crippen LogP contribution is -2.46. The van der Waals surface area contributed by atoms with E-state index in [0.717, 1.165) is 25.8 Å². The molecule has 2 amide bonds. The zero-order valence-corrected chi connectivity index (χ0v) is 9.55. The van der Waals surface area contributed by atoms with Gasteiger partial charge in [-0.2, -0.15) is 0 Å². The van der Waals surface area contributed by atoms with Crippen LogP contribution in [0.2, 0.25) is 0 Å². The van der Waals surface area contributed by atoms with Crippen LogP contribution in [0, 0.1) is 5.92 Å². The van der Waals surface area contributed by atoms with Crippen molar-refractivity contribution in [2.75, 3.05) is 13.6 Å². The van der Waals surface area contributed by atoms with E-state index in [0.29, 0.717) is 12.0 Å². The van der Waals surface area contributed by atoms with E-state index < -0.39 is 0 Å². The van der Waals surface area contributed by atoms with Crippen molar-refractivity contribution in [3.05, 3.63) is 0 Å². The number of nitrogens with zero attached hydrogens (tertiary/aromatic N) is 1. The average Bonchev–Trinajstić information content (AvgIpc) is 2.06. The summed E-state index contributed by atoms with van der Waals surface area (Å²) in [4.78, 5) is 13.4. The van der Waals surface area contributed by atoms with Crippen molar-refractivity contribution in [1.29, 1.82) is 0 Å². The summed E-state index contributed by atoms with van der Waals surface area (Å²) in [6.07, 6.45) is 4.66. The monoisotopic (exact) mass is 198 g/mol. The third kappa shape index (κ3) is 3.56. The summed E-state index contributed by atoms with van der Waals surface area (Å²) in [6.45, 7) is 5.21. The molecule has 1 fully saturated rings. The summed E-state index contributed by atoms with van der Waals surface area (Å²) in [5, 5.41) is 3.03. The minimum Gasteiger partial charge on any atom is -0.335 e. The molecule has 3 nitrogen and oxygen atoms in total. The van der Waals surface area contributed by atoms with Gasteiger partial charge >= 0.3 is 6.03 Å². The quantitative estimate of drug-likeness (QED) is 0.738. The van der Waals surface area contributed by atoms with Gasteiger partial charge in [0.15, 0.2) is 0 Å². The summed E-state index contributed by atoms with van der Waals surface area (Å²) in [7, 11) is 1.87. The van der Waals surface area contributed by atoms with Gasteiger partial charge in [0.1, 0.15) is 0 Å². The molecular formula is C11H22N2O. The van der Waals surface area contributed by atoms with Crippen molar-refractivity contribution in [3.8, 4) is 0 Å². The van der Waals surface area contributed by atoms with E-state index in [4.69, 9.17) is 0 Å². The Bertz CT molecular complexity index is 188. The first-order valence-electron chi connectivity index (χ1n) is 5.61. The number of carbonyl (C=O) groups is 1. The fourth-order valence-corrected chi connectivity index (χ4v) is 1.39. The number of rotatable bonds is 4. The summed E-state index contributed by atoms with van der Waals surface area (Å²) < 4.78 is 0. The van der Waals surface area contributed by atoms with E-state index in [1.54, 1.807) is 4.90 Å². The van der Waals surface area contributed by atoms with E-state index in [-0.39, 0.29) is 6.03 Å². The zero-order valence-electron chi connectivity index (χ0n) is 9.55. The molecule has 1 saturated carbocycles. The predicted octanol–water partition coefficient (Wildman–Crippen LogP) is 2.23. The normalized spacial score (nSPS) is 16.6. The van der Waals surface area contributed by atoms with Crippen LogP contribution in [-0.4, -0.2) is 30.6 Å². The number of nitrogens with one attached hydrogen (secondary N) is 1. The third-order valence-electron chi connectivity index (χ3n) is 2.82. The second kappa shape index (κ2) is 5.23. The molecule has 0 aromatic carbocycles. The summed E-state index contributed by atoms with van der Waals surface area (Å²) in [5.41, 5.74) is 0. The molecule has 3 heteroatoms. The van der Waals surface area contributed by atoms with Crippen LogP contribution in [0.4, 0.5) is 4.79 Å². The van der Waals surface area contributed by atoms with Gasteiger partial charge in [0.2, 0.25) is 0 Å². The summed E-state index contributed by atoms with van der Waals surface area (Å²) >= 11 is 0. The van der Waals surface area contributed by atoms with Crippen LogP contribution in [0.5, 0.6) is 0 Å². The van der Waals surface area contributed by atoms with Crippen LogP contribution >= 0.6 is 0 Å². The summed E-state index contributed by atoms with van der Waals surface area (Å²) in [6, 6.07) is 0.541. The first-order valence-corrected chi connectivity index (χ1v) is 5.61. The van der Waals surface area contributed by atoms with Gasteiger partial charge in [-0.1, -0.05) is 13.8 Å². The Labute approximate surface area is 86.9 Å². The highest BCUT2D eigenvalue weighted by atomic mass is 16.2. The first-order chi connectivity index (χ1) is 6.59. The number of urea groups is 1. The van der Waals surface area contributed by atoms with E-state index in [1.165, 1.54) is 6.42 Å². The maximum atomic E-state index is 11.6. The standard InChI is InChI=1S/C11H22N2O/c1-9(2)7-8-13(3)11(14)12-10-5-4-6-10/h9-10H,4-8H2,1-3H3,(H,12,14). The molecule has 0 atom stereocenters. The van der Waals surface area contributed by atoms with Crippen LogP contribution in [0.3, 0.4) is 0 Å². The summed E-state index contributed by atoms with van der Waals surface area (Å²) in [5.74, 6) is 0.661. The zero-order chi connectivity index (χ0) is 10.6. The molecule has 0 aliphatic heterocycles. The van der Waals surface area contributed by atoms with Crippen LogP contribution in [0.25, 0.3) is 0 Å². The van der Waals surface area contributed by atoms with Crippen molar-refractivity contribution in [1.82, 2.24) is 10.2 Å². The number of amides is 2. The second-order valence-electron chi connectivity index (χ2n) is 4.68. The molecule has 1 N–H and O–H groups in total. The van der Waals surface area contributed by atoms with Crippen LogP contribution in [0.15, 0.2) is 0 Å². The highest BCUT2D eigenvalue weighted by molar-refractivity contribution is 5.74. The molecule has 0 unspecified atom stereocenters. The largest absolute Gasteiger partial charge is 0.335 e. The molecule has 14 heavy (non-hydrogen) atoms. The van der Waals surface area contributed by atoms with Gasteiger partial charge in [0.05, 0.1) is 0 Å². The molecule has 1 aliphatic carbocycles. The maximum Gasteiger partial charge on any atom is 0.317 e. The smallest absolute Gasteiger partial charge is 0.317 e. The van der Waals surface area contributed by atoms with Gasteiger partial charge in [-0.05, 0) is 31.6 Å². The fraction of sp³-hybridized carbons (Fsp3) is 0.909. The highest BCUT2D eigenvalue weighted by Crippen LogP contribution is 2.18. The van der Waals surface area contributed by atoms with E-state index in [1.807, 2.05) is 7.05 Å². The number of hydrogen-bond donors (Lipinski definition) is 1. The Kier molecular flexibility index (Phi) is 4.23. The Morgan fingerprint density at radius 3 is 2.57 bits per heavy atom. The molecular weight excluding hydrogens is 176 g/mol. The van der Waals surface area contributed by atoms with Crippen LogP contribution < -0.4 is 5.32 Å². The van der Waals surface area contributed by atoms with Gasteiger partial charge in [0.25, 0.3) is 0 Å². The third-order valence-corrected chi connectivity index (χ3v) is 2.82. The van der Waals surface area contributed by atoms with Crippen molar-refractivity contribution >= 4 is 6.03 Å². The molecule has 0 heterocycles. The van der Waals surface area contributed by atoms with E-state index in [9.17, 15) is 4.79 Å². The molecule has 82 valence electrons. The Balaban J connectivity index is 2.14. The van der Waals surface area contributed by atoms with E-state index >= 15 is 0 Å². The topological polar surface area (TPSA) is 32.3 Å². The molecule has 0 bridgehead atoms. The SMILES string of the molecule is CC(C)CCN(C)C(=O)NC1CCC1. The van der Waals surface area contributed by atoms with Crippen molar-refractivity contribution in [3.63, 3.8) is 0 Å². The molecule has 0 radical (unpaired) electrons. The van der Waals surface area contributed by atoms with Gasteiger partial charge in [-0.15, -0.1) is 0 Å². The highest BCUT2D eigenvalue weighted by Gasteiger charge is 2.20. The lowest BCUT2D eigenvalue weighted by Gasteiger charge is -2.29. The Hall–Kier alpha value is -0.730. The molecule has 0 aromatic rings. The molecule has 0 saturated heterocycles. The van der Waals surface area contributed by atoms with Crippen molar-refractivity contribution in [2.24, 2.45) is 5.92 Å². The Morgan fingerprint density at radius 1 is 1.50 bits per heavy atom. The minimum atomic E-state index is 0.0929. The van der Waals surface area contributed by atoms with Crippen molar-refractivity contribution < 1.29 is 4.79 Å². The number of carbonyl (C=O) groups excluding carboxylic acids is 1. The minimum absolute atomic E-state index is 0.0929. The van der Waals surface area contributed by atoms with Gasteiger partial charge in [-0.25, -0.2) is 4.79 Å². The maximum absolute atomic E-state index is 11.6. The molecule has 0 spiro atoms. The molecule has 1 aliphatic rings. The molecule has 1 rings (SSSR count). The van der Waals surface area contributed by atoms with E-state index in [2.05, 4.69) is 19.2 Å². The van der Waals surface area contributed by atoms with Gasteiger partial charge in [0, 0.05) is 19.6 Å². The van der Waals surface area contributed by atoms with Crippen LogP contribution in [-0.2, 0) is 0 Å². The first kappa shape index (κ1) is 11.3. The van der Waals surface area contributed by atoms with Gasteiger partial charge in [-0.3, -0.25) is 0 Å². The number of hydrogen-bond acceptors (Lipinski definition) is 1. The van der Waals surface area contributed by atoms with Gasteiger partial charge < -0.3 is 10.2 Å². The lowest BCUT2D eigenvalue weighted by molar-refractivity contribution is 0.194.